The van der Waals surface area contributed by atoms with Crippen molar-refractivity contribution in [2.75, 3.05) is 6.54 Å². The van der Waals surface area contributed by atoms with E-state index in [9.17, 15) is 4.79 Å². The van der Waals surface area contributed by atoms with Gasteiger partial charge in [-0.25, -0.2) is 14.3 Å². The van der Waals surface area contributed by atoms with Gasteiger partial charge < -0.3 is 4.90 Å². The summed E-state index contributed by atoms with van der Waals surface area (Å²) in [6.45, 7) is 7.75. The second-order valence-electron chi connectivity index (χ2n) is 7.72. The Balaban J connectivity index is 1.54. The Morgan fingerprint density at radius 2 is 2.11 bits per heavy atom. The summed E-state index contributed by atoms with van der Waals surface area (Å²) in [6, 6.07) is 9.34. The zero-order chi connectivity index (χ0) is 19.7. The van der Waals surface area contributed by atoms with E-state index in [1.807, 2.05) is 53.0 Å². The van der Waals surface area contributed by atoms with Crippen LogP contribution in [0.1, 0.15) is 55.2 Å². The molecule has 1 amide bonds. The molecule has 4 rings (SSSR count). The lowest BCUT2D eigenvalue weighted by Gasteiger charge is -2.33. The van der Waals surface area contributed by atoms with Gasteiger partial charge >= 0.3 is 0 Å². The van der Waals surface area contributed by atoms with Gasteiger partial charge in [0, 0.05) is 30.9 Å². The van der Waals surface area contributed by atoms with Gasteiger partial charge in [0.2, 0.25) is 0 Å². The largest absolute Gasteiger partial charge is 0.327 e. The standard InChI is InChI=1S/C21H26N6O/c1-15(2)8-9-19-23-20-16(3)25(12-13-27(20)24-19)21(28)17-6-4-7-18(14-17)26-11-5-10-22-26/h4-7,10-11,14-16H,8-9,12-13H2,1-3H3/t16-/m1/s1. The number of aromatic nitrogens is 5. The number of benzene rings is 1. The lowest BCUT2D eigenvalue weighted by Crippen LogP contribution is -2.41. The molecule has 2 aromatic heterocycles. The van der Waals surface area contributed by atoms with E-state index in [1.165, 1.54) is 0 Å². The molecule has 0 unspecified atom stereocenters. The second kappa shape index (κ2) is 7.58. The summed E-state index contributed by atoms with van der Waals surface area (Å²) < 4.78 is 3.72. The monoisotopic (exact) mass is 378 g/mol. The Morgan fingerprint density at radius 3 is 2.86 bits per heavy atom. The van der Waals surface area contributed by atoms with Crippen molar-refractivity contribution in [3.05, 3.63) is 59.9 Å². The summed E-state index contributed by atoms with van der Waals surface area (Å²) in [5, 5.41) is 8.89. The summed E-state index contributed by atoms with van der Waals surface area (Å²) in [6.07, 6.45) is 5.55. The molecule has 1 aliphatic rings. The molecule has 3 aromatic rings. The molecule has 0 saturated heterocycles. The van der Waals surface area contributed by atoms with Gasteiger partial charge in [0.1, 0.15) is 5.82 Å². The number of nitrogens with zero attached hydrogens (tertiary/aromatic N) is 6. The van der Waals surface area contributed by atoms with Crippen LogP contribution in [0.2, 0.25) is 0 Å². The average molecular weight is 378 g/mol. The van der Waals surface area contributed by atoms with E-state index in [-0.39, 0.29) is 11.9 Å². The minimum absolute atomic E-state index is 0.0134. The zero-order valence-electron chi connectivity index (χ0n) is 16.6. The van der Waals surface area contributed by atoms with E-state index in [0.29, 0.717) is 24.6 Å². The van der Waals surface area contributed by atoms with Crippen molar-refractivity contribution in [1.82, 2.24) is 29.4 Å². The van der Waals surface area contributed by atoms with Crippen molar-refractivity contribution in [3.63, 3.8) is 0 Å². The number of hydrogen-bond acceptors (Lipinski definition) is 4. The minimum Gasteiger partial charge on any atom is -0.327 e. The number of amides is 1. The number of fused-ring (bicyclic) bond motifs is 1. The fourth-order valence-corrected chi connectivity index (χ4v) is 3.58. The van der Waals surface area contributed by atoms with Crippen molar-refractivity contribution >= 4 is 5.91 Å². The lowest BCUT2D eigenvalue weighted by molar-refractivity contribution is 0.0630. The number of aryl methyl sites for hydroxylation is 1. The first kappa shape index (κ1) is 18.4. The summed E-state index contributed by atoms with van der Waals surface area (Å²) in [5.74, 6) is 2.39. The molecule has 0 spiro atoms. The number of carbonyl (C=O) groups is 1. The molecule has 0 bridgehead atoms. The van der Waals surface area contributed by atoms with Crippen LogP contribution in [-0.4, -0.2) is 41.9 Å². The highest BCUT2D eigenvalue weighted by molar-refractivity contribution is 5.95. The maximum atomic E-state index is 13.2. The highest BCUT2D eigenvalue weighted by Gasteiger charge is 2.31. The quantitative estimate of drug-likeness (QED) is 0.683. The topological polar surface area (TPSA) is 68.8 Å². The predicted octanol–water partition coefficient (Wildman–Crippen LogP) is 3.27. The highest BCUT2D eigenvalue weighted by Crippen LogP contribution is 2.26. The van der Waals surface area contributed by atoms with Crippen LogP contribution < -0.4 is 0 Å². The van der Waals surface area contributed by atoms with Crippen LogP contribution in [0.3, 0.4) is 0 Å². The molecule has 0 N–H and O–H groups in total. The van der Waals surface area contributed by atoms with Gasteiger partial charge in [0.25, 0.3) is 5.91 Å². The molecular formula is C21H26N6O. The third kappa shape index (κ3) is 3.56. The third-order valence-corrected chi connectivity index (χ3v) is 5.21. The molecule has 28 heavy (non-hydrogen) atoms. The fraction of sp³-hybridized carbons (Fsp3) is 0.429. The second-order valence-corrected chi connectivity index (χ2v) is 7.72. The maximum Gasteiger partial charge on any atom is 0.254 e. The molecule has 3 heterocycles. The minimum atomic E-state index is -0.102. The summed E-state index contributed by atoms with van der Waals surface area (Å²) in [4.78, 5) is 19.8. The Bertz CT molecular complexity index is 959. The van der Waals surface area contributed by atoms with Crippen molar-refractivity contribution in [2.24, 2.45) is 5.92 Å². The van der Waals surface area contributed by atoms with Crippen molar-refractivity contribution in [2.45, 2.75) is 46.2 Å². The van der Waals surface area contributed by atoms with Crippen LogP contribution in [0, 0.1) is 5.92 Å². The van der Waals surface area contributed by atoms with E-state index in [4.69, 9.17) is 4.98 Å². The summed E-state index contributed by atoms with van der Waals surface area (Å²) in [7, 11) is 0. The molecule has 146 valence electrons. The van der Waals surface area contributed by atoms with Gasteiger partial charge in [-0.1, -0.05) is 19.9 Å². The van der Waals surface area contributed by atoms with E-state index in [1.54, 1.807) is 10.9 Å². The number of carbonyl (C=O) groups excluding carboxylic acids is 1. The predicted molar refractivity (Wildman–Crippen MR) is 106 cm³/mol. The highest BCUT2D eigenvalue weighted by atomic mass is 16.2. The summed E-state index contributed by atoms with van der Waals surface area (Å²) >= 11 is 0. The Kier molecular flexibility index (Phi) is 4.98. The molecule has 7 nitrogen and oxygen atoms in total. The summed E-state index contributed by atoms with van der Waals surface area (Å²) in [5.41, 5.74) is 1.53. The normalized spacial score (nSPS) is 16.4. The fourth-order valence-electron chi connectivity index (χ4n) is 3.58. The van der Waals surface area contributed by atoms with Crippen LogP contribution in [0.25, 0.3) is 5.69 Å². The SMILES string of the molecule is CC(C)CCc1nc2n(n1)CCN(C(=O)c1cccc(-n3cccn3)c1)[C@@H]2C. The molecule has 0 aliphatic carbocycles. The van der Waals surface area contributed by atoms with Gasteiger partial charge in [0.15, 0.2) is 5.82 Å². The van der Waals surface area contributed by atoms with E-state index in [2.05, 4.69) is 24.0 Å². The van der Waals surface area contributed by atoms with Gasteiger partial charge in [-0.2, -0.15) is 10.2 Å². The van der Waals surface area contributed by atoms with Crippen LogP contribution in [0.4, 0.5) is 0 Å². The van der Waals surface area contributed by atoms with Crippen molar-refractivity contribution < 1.29 is 4.79 Å². The first-order valence-electron chi connectivity index (χ1n) is 9.87. The van der Waals surface area contributed by atoms with Crippen LogP contribution >= 0.6 is 0 Å². The Morgan fingerprint density at radius 1 is 1.25 bits per heavy atom. The molecule has 1 aliphatic heterocycles. The lowest BCUT2D eigenvalue weighted by atomic mass is 10.1. The van der Waals surface area contributed by atoms with Crippen molar-refractivity contribution in [1.29, 1.82) is 0 Å². The van der Waals surface area contributed by atoms with Crippen LogP contribution in [0.5, 0.6) is 0 Å². The molecule has 0 radical (unpaired) electrons. The number of hydrogen-bond donors (Lipinski definition) is 0. The first-order chi connectivity index (χ1) is 13.5. The molecule has 0 saturated carbocycles. The number of rotatable bonds is 5. The van der Waals surface area contributed by atoms with Crippen LogP contribution in [-0.2, 0) is 13.0 Å². The smallest absolute Gasteiger partial charge is 0.254 e. The van der Waals surface area contributed by atoms with Gasteiger partial charge in [-0.05, 0) is 43.5 Å². The van der Waals surface area contributed by atoms with Gasteiger partial charge in [-0.15, -0.1) is 0 Å². The molecule has 0 fully saturated rings. The Hall–Kier alpha value is -2.96. The van der Waals surface area contributed by atoms with Gasteiger partial charge in [-0.3, -0.25) is 4.79 Å². The maximum absolute atomic E-state index is 13.2. The first-order valence-corrected chi connectivity index (χ1v) is 9.87. The Labute approximate surface area is 165 Å². The van der Waals surface area contributed by atoms with E-state index >= 15 is 0 Å². The van der Waals surface area contributed by atoms with E-state index < -0.39 is 0 Å². The molecule has 1 atom stereocenters. The molecular weight excluding hydrogens is 352 g/mol. The molecule has 7 heteroatoms. The zero-order valence-corrected chi connectivity index (χ0v) is 16.6. The van der Waals surface area contributed by atoms with Gasteiger partial charge in [0.05, 0.1) is 18.3 Å². The van der Waals surface area contributed by atoms with Crippen LogP contribution in [0.15, 0.2) is 42.7 Å². The van der Waals surface area contributed by atoms with E-state index in [0.717, 1.165) is 30.2 Å². The third-order valence-electron chi connectivity index (χ3n) is 5.21. The average Bonchev–Trinajstić information content (AvgIpc) is 3.36. The molecule has 1 aromatic carbocycles. The van der Waals surface area contributed by atoms with Crippen molar-refractivity contribution in [3.8, 4) is 5.69 Å².